The number of nitrogens with one attached hydrogen (secondary N) is 1. The summed E-state index contributed by atoms with van der Waals surface area (Å²) in [7, 11) is 0. The second kappa shape index (κ2) is 5.78. The molecule has 0 saturated heterocycles. The quantitative estimate of drug-likeness (QED) is 0.940. The van der Waals surface area contributed by atoms with Crippen molar-refractivity contribution in [2.75, 3.05) is 18.0 Å². The predicted molar refractivity (Wildman–Crippen MR) is 88.0 cm³/mol. The lowest BCUT2D eigenvalue weighted by atomic mass is 10.0. The number of thiazole rings is 1. The minimum atomic E-state index is 0.753. The Morgan fingerprint density at radius 3 is 2.52 bits per heavy atom. The van der Waals surface area contributed by atoms with Crippen LogP contribution in [0.2, 0.25) is 0 Å². The molecule has 0 unspecified atom stereocenters. The summed E-state index contributed by atoms with van der Waals surface area (Å²) in [5.74, 6) is 0. The fourth-order valence-corrected chi connectivity index (χ4v) is 3.80. The smallest absolute Gasteiger partial charge is 0.185 e. The summed E-state index contributed by atoms with van der Waals surface area (Å²) in [6.45, 7) is 3.09. The number of benzene rings is 1. The van der Waals surface area contributed by atoms with Crippen molar-refractivity contribution in [3.8, 4) is 0 Å². The van der Waals surface area contributed by atoms with Crippen LogP contribution < -0.4 is 10.2 Å². The summed E-state index contributed by atoms with van der Waals surface area (Å²) in [4.78, 5) is 7.27. The number of hydrogen-bond donors (Lipinski definition) is 1. The highest BCUT2D eigenvalue weighted by atomic mass is 32.1. The van der Waals surface area contributed by atoms with Gasteiger partial charge in [0.1, 0.15) is 0 Å². The molecule has 0 atom stereocenters. The number of rotatable bonds is 4. The van der Waals surface area contributed by atoms with Gasteiger partial charge in [-0.05, 0) is 36.8 Å². The van der Waals surface area contributed by atoms with Crippen molar-refractivity contribution in [1.82, 2.24) is 10.3 Å². The fourth-order valence-electron chi connectivity index (χ4n) is 2.92. The second-order valence-corrected chi connectivity index (χ2v) is 6.87. The van der Waals surface area contributed by atoms with Gasteiger partial charge in [-0.15, -0.1) is 11.3 Å². The third kappa shape index (κ3) is 3.11. The van der Waals surface area contributed by atoms with Crippen molar-refractivity contribution in [2.24, 2.45) is 0 Å². The molecule has 3 nitrogen and oxygen atoms in total. The standard InChI is InChI=1S/C17H21N3S/c1-2-4-14-8-10-20(9-7-13(14)3-1)17-19-16(12-21-17)11-18-15-5-6-15/h1-4,12,15,18H,5-11H2. The molecule has 1 aromatic carbocycles. The van der Waals surface area contributed by atoms with Gasteiger partial charge in [0.05, 0.1) is 5.69 Å². The van der Waals surface area contributed by atoms with Crippen molar-refractivity contribution in [2.45, 2.75) is 38.3 Å². The van der Waals surface area contributed by atoms with Gasteiger partial charge >= 0.3 is 0 Å². The van der Waals surface area contributed by atoms with Gasteiger partial charge in [-0.2, -0.15) is 0 Å². The Kier molecular flexibility index (Phi) is 3.65. The zero-order chi connectivity index (χ0) is 14.1. The number of hydrogen-bond acceptors (Lipinski definition) is 4. The summed E-state index contributed by atoms with van der Waals surface area (Å²) in [5, 5.41) is 6.94. The zero-order valence-corrected chi connectivity index (χ0v) is 13.0. The van der Waals surface area contributed by atoms with Crippen LogP contribution in [-0.4, -0.2) is 24.1 Å². The lowest BCUT2D eigenvalue weighted by molar-refractivity contribution is 0.675. The Labute approximate surface area is 130 Å². The first-order chi connectivity index (χ1) is 10.4. The Hall–Kier alpha value is -1.39. The zero-order valence-electron chi connectivity index (χ0n) is 12.2. The molecule has 2 aliphatic rings. The van der Waals surface area contributed by atoms with Gasteiger partial charge in [-0.25, -0.2) is 4.98 Å². The number of nitrogens with zero attached hydrogens (tertiary/aromatic N) is 2. The molecule has 110 valence electrons. The van der Waals surface area contributed by atoms with E-state index in [1.807, 2.05) is 0 Å². The fraction of sp³-hybridized carbons (Fsp3) is 0.471. The summed E-state index contributed by atoms with van der Waals surface area (Å²) >= 11 is 1.79. The highest BCUT2D eigenvalue weighted by Crippen LogP contribution is 2.25. The van der Waals surface area contributed by atoms with Crippen molar-refractivity contribution in [1.29, 1.82) is 0 Å². The van der Waals surface area contributed by atoms with Crippen LogP contribution in [-0.2, 0) is 19.4 Å². The molecule has 2 aromatic rings. The first kappa shape index (κ1) is 13.3. The summed E-state index contributed by atoms with van der Waals surface area (Å²) in [5.41, 5.74) is 4.21. The molecule has 1 aromatic heterocycles. The van der Waals surface area contributed by atoms with Gasteiger partial charge in [-0.1, -0.05) is 24.3 Å². The van der Waals surface area contributed by atoms with Crippen LogP contribution in [0.1, 0.15) is 29.7 Å². The molecule has 1 fully saturated rings. The average molecular weight is 299 g/mol. The number of aromatic nitrogens is 1. The van der Waals surface area contributed by atoms with Crippen molar-refractivity contribution in [3.63, 3.8) is 0 Å². The van der Waals surface area contributed by atoms with Gasteiger partial charge in [0.25, 0.3) is 0 Å². The van der Waals surface area contributed by atoms with E-state index in [0.29, 0.717) is 0 Å². The Morgan fingerprint density at radius 2 is 1.86 bits per heavy atom. The van der Waals surface area contributed by atoms with Gasteiger partial charge < -0.3 is 10.2 Å². The summed E-state index contributed by atoms with van der Waals surface area (Å²) < 4.78 is 0. The first-order valence-electron chi connectivity index (χ1n) is 7.88. The van der Waals surface area contributed by atoms with Gasteiger partial charge in [0, 0.05) is 31.1 Å². The maximum Gasteiger partial charge on any atom is 0.185 e. The highest BCUT2D eigenvalue weighted by Gasteiger charge is 2.21. The van der Waals surface area contributed by atoms with Crippen molar-refractivity contribution < 1.29 is 0 Å². The molecule has 2 heterocycles. The van der Waals surface area contributed by atoms with Crippen LogP contribution in [0, 0.1) is 0 Å². The number of anilines is 1. The third-order valence-corrected chi connectivity index (χ3v) is 5.33. The predicted octanol–water partition coefficient (Wildman–Crippen LogP) is 3.00. The van der Waals surface area contributed by atoms with E-state index >= 15 is 0 Å². The summed E-state index contributed by atoms with van der Waals surface area (Å²) in [6, 6.07) is 9.60. The topological polar surface area (TPSA) is 28.2 Å². The van der Waals surface area contributed by atoms with E-state index in [4.69, 9.17) is 4.98 Å². The second-order valence-electron chi connectivity index (χ2n) is 6.03. The molecule has 0 bridgehead atoms. The van der Waals surface area contributed by atoms with E-state index in [1.165, 1.54) is 34.8 Å². The largest absolute Gasteiger partial charge is 0.347 e. The van der Waals surface area contributed by atoms with E-state index in [2.05, 4.69) is 39.9 Å². The Morgan fingerprint density at radius 1 is 1.14 bits per heavy atom. The van der Waals surface area contributed by atoms with Crippen LogP contribution in [0.4, 0.5) is 5.13 Å². The molecular weight excluding hydrogens is 278 g/mol. The maximum atomic E-state index is 4.82. The van der Waals surface area contributed by atoms with Crippen molar-refractivity contribution in [3.05, 3.63) is 46.5 Å². The van der Waals surface area contributed by atoms with Crippen LogP contribution in [0.25, 0.3) is 0 Å². The van der Waals surface area contributed by atoms with Gasteiger partial charge in [-0.3, -0.25) is 0 Å². The van der Waals surface area contributed by atoms with E-state index in [-0.39, 0.29) is 0 Å². The molecule has 21 heavy (non-hydrogen) atoms. The van der Waals surface area contributed by atoms with E-state index in [9.17, 15) is 0 Å². The minimum Gasteiger partial charge on any atom is -0.347 e. The lowest BCUT2D eigenvalue weighted by Crippen LogP contribution is -2.26. The van der Waals surface area contributed by atoms with E-state index in [0.717, 1.165) is 38.5 Å². The molecule has 4 rings (SSSR count). The normalized spacial score (nSPS) is 18.4. The van der Waals surface area contributed by atoms with Crippen LogP contribution >= 0.6 is 11.3 Å². The monoisotopic (exact) mass is 299 g/mol. The van der Waals surface area contributed by atoms with E-state index in [1.54, 1.807) is 11.3 Å². The molecular formula is C17H21N3S. The third-order valence-electron chi connectivity index (χ3n) is 4.38. The molecule has 1 saturated carbocycles. The Bertz CT molecular complexity index is 591. The molecule has 4 heteroatoms. The van der Waals surface area contributed by atoms with Crippen LogP contribution in [0.15, 0.2) is 29.6 Å². The van der Waals surface area contributed by atoms with E-state index < -0.39 is 0 Å². The highest BCUT2D eigenvalue weighted by molar-refractivity contribution is 7.13. The van der Waals surface area contributed by atoms with Crippen LogP contribution in [0.5, 0.6) is 0 Å². The average Bonchev–Trinajstić information content (AvgIpc) is 3.27. The maximum absolute atomic E-state index is 4.82. The molecule has 0 spiro atoms. The van der Waals surface area contributed by atoms with Crippen molar-refractivity contribution >= 4 is 16.5 Å². The molecule has 1 aliphatic carbocycles. The van der Waals surface area contributed by atoms with Gasteiger partial charge in [0.15, 0.2) is 5.13 Å². The molecule has 0 amide bonds. The molecule has 1 aliphatic heterocycles. The first-order valence-corrected chi connectivity index (χ1v) is 8.76. The number of fused-ring (bicyclic) bond motifs is 1. The molecule has 1 N–H and O–H groups in total. The molecule has 0 radical (unpaired) electrons. The Balaban J connectivity index is 1.42. The van der Waals surface area contributed by atoms with Gasteiger partial charge in [0.2, 0.25) is 0 Å². The lowest BCUT2D eigenvalue weighted by Gasteiger charge is -2.18. The minimum absolute atomic E-state index is 0.753. The SMILES string of the molecule is c1ccc2c(c1)CCN(c1nc(CNC3CC3)cs1)CC2. The van der Waals surface area contributed by atoms with Crippen LogP contribution in [0.3, 0.4) is 0 Å². The summed E-state index contributed by atoms with van der Waals surface area (Å²) in [6.07, 6.45) is 4.93.